The first kappa shape index (κ1) is 16.8. The third-order valence-corrected chi connectivity index (χ3v) is 2.69. The molecule has 5 nitrogen and oxygen atoms in total. The third-order valence-electron chi connectivity index (χ3n) is 2.69. The van der Waals surface area contributed by atoms with Crippen LogP contribution in [0.3, 0.4) is 0 Å². The van der Waals surface area contributed by atoms with E-state index < -0.39 is 11.9 Å². The Morgan fingerprint density at radius 3 is 2.14 bits per heavy atom. The molecule has 0 aliphatic heterocycles. The highest BCUT2D eigenvalue weighted by molar-refractivity contribution is 6.17. The number of nitrogens with zero attached hydrogens (tertiary/aromatic N) is 1. The van der Waals surface area contributed by atoms with Crippen LogP contribution in [0, 0.1) is 0 Å². The van der Waals surface area contributed by atoms with Crippen LogP contribution >= 0.6 is 0 Å². The minimum atomic E-state index is -0.675. The van der Waals surface area contributed by atoms with E-state index in [1.165, 1.54) is 6.08 Å². The van der Waals surface area contributed by atoms with Crippen molar-refractivity contribution in [1.29, 1.82) is 0 Å². The van der Waals surface area contributed by atoms with E-state index in [4.69, 9.17) is 9.47 Å². The summed E-state index contributed by atoms with van der Waals surface area (Å²) in [7, 11) is 3.83. The average Bonchev–Trinajstić information content (AvgIpc) is 2.45. The standard InChI is InChI=1S/C16H21NO4/c1-5-20-15(18)14(16(19)21-6-2)11-12-8-7-9-13(10-12)17(3)4/h7-11H,5-6H2,1-4H3. The highest BCUT2D eigenvalue weighted by atomic mass is 16.6. The summed E-state index contributed by atoms with van der Waals surface area (Å²) >= 11 is 0. The van der Waals surface area contributed by atoms with Gasteiger partial charge in [0.15, 0.2) is 0 Å². The van der Waals surface area contributed by atoms with Gasteiger partial charge in [0, 0.05) is 19.8 Å². The van der Waals surface area contributed by atoms with Crippen molar-refractivity contribution in [2.24, 2.45) is 0 Å². The molecule has 0 saturated heterocycles. The second kappa shape index (κ2) is 8.09. The molecule has 0 saturated carbocycles. The van der Waals surface area contributed by atoms with Crippen molar-refractivity contribution in [3.8, 4) is 0 Å². The summed E-state index contributed by atoms with van der Waals surface area (Å²) in [6.45, 7) is 3.78. The molecule has 1 aromatic carbocycles. The Morgan fingerprint density at radius 1 is 1.10 bits per heavy atom. The topological polar surface area (TPSA) is 55.8 Å². The van der Waals surface area contributed by atoms with Crippen LogP contribution in [-0.4, -0.2) is 39.2 Å². The summed E-state index contributed by atoms with van der Waals surface area (Å²) in [5.41, 5.74) is 1.60. The van der Waals surface area contributed by atoms with Crippen LogP contribution in [0.25, 0.3) is 6.08 Å². The van der Waals surface area contributed by atoms with Gasteiger partial charge in [0.1, 0.15) is 5.57 Å². The number of esters is 2. The lowest BCUT2D eigenvalue weighted by Gasteiger charge is -2.13. The number of ether oxygens (including phenoxy) is 2. The van der Waals surface area contributed by atoms with E-state index in [1.54, 1.807) is 13.8 Å². The fraction of sp³-hybridized carbons (Fsp3) is 0.375. The molecule has 0 aromatic heterocycles. The van der Waals surface area contributed by atoms with Crippen molar-refractivity contribution in [2.45, 2.75) is 13.8 Å². The fourth-order valence-electron chi connectivity index (χ4n) is 1.68. The van der Waals surface area contributed by atoms with Gasteiger partial charge in [-0.05, 0) is 37.6 Å². The normalized spacial score (nSPS) is 9.71. The van der Waals surface area contributed by atoms with Gasteiger partial charge in [-0.3, -0.25) is 0 Å². The smallest absolute Gasteiger partial charge is 0.345 e. The molecule has 5 heteroatoms. The summed E-state index contributed by atoms with van der Waals surface area (Å²) < 4.78 is 9.81. The van der Waals surface area contributed by atoms with Gasteiger partial charge in [-0.25, -0.2) is 9.59 Å². The maximum atomic E-state index is 11.9. The predicted octanol–water partition coefficient (Wildman–Crippen LogP) is 2.26. The predicted molar refractivity (Wildman–Crippen MR) is 82.0 cm³/mol. The fourth-order valence-corrected chi connectivity index (χ4v) is 1.68. The summed E-state index contributed by atoms with van der Waals surface area (Å²) in [5.74, 6) is -1.35. The molecule has 0 fully saturated rings. The van der Waals surface area contributed by atoms with Crippen LogP contribution < -0.4 is 4.90 Å². The molecule has 0 radical (unpaired) electrons. The number of hydrogen-bond acceptors (Lipinski definition) is 5. The van der Waals surface area contributed by atoms with Crippen LogP contribution in [0.4, 0.5) is 5.69 Å². The summed E-state index contributed by atoms with van der Waals surface area (Å²) in [4.78, 5) is 25.7. The molecule has 0 N–H and O–H groups in total. The molecule has 0 heterocycles. The number of carbonyl (C=O) groups is 2. The summed E-state index contributed by atoms with van der Waals surface area (Å²) in [6.07, 6.45) is 1.49. The Bertz CT molecular complexity index is 515. The lowest BCUT2D eigenvalue weighted by Crippen LogP contribution is -2.18. The monoisotopic (exact) mass is 291 g/mol. The van der Waals surface area contributed by atoms with Crippen molar-refractivity contribution in [1.82, 2.24) is 0 Å². The van der Waals surface area contributed by atoms with Gasteiger partial charge >= 0.3 is 11.9 Å². The molecule has 1 rings (SSSR count). The van der Waals surface area contributed by atoms with Crippen molar-refractivity contribution >= 4 is 23.7 Å². The molecule has 0 amide bonds. The zero-order chi connectivity index (χ0) is 15.8. The van der Waals surface area contributed by atoms with Gasteiger partial charge in [-0.15, -0.1) is 0 Å². The Morgan fingerprint density at radius 2 is 1.67 bits per heavy atom. The van der Waals surface area contributed by atoms with Crippen LogP contribution in [0.5, 0.6) is 0 Å². The molecule has 0 aliphatic carbocycles. The molecule has 0 spiro atoms. The lowest BCUT2D eigenvalue weighted by molar-refractivity contribution is -0.146. The van der Waals surface area contributed by atoms with E-state index in [0.717, 1.165) is 11.3 Å². The van der Waals surface area contributed by atoms with Crippen molar-refractivity contribution in [2.75, 3.05) is 32.2 Å². The van der Waals surface area contributed by atoms with E-state index in [2.05, 4.69) is 0 Å². The van der Waals surface area contributed by atoms with E-state index in [-0.39, 0.29) is 18.8 Å². The van der Waals surface area contributed by atoms with Crippen molar-refractivity contribution in [3.63, 3.8) is 0 Å². The van der Waals surface area contributed by atoms with Crippen molar-refractivity contribution in [3.05, 3.63) is 35.4 Å². The second-order valence-electron chi connectivity index (χ2n) is 4.49. The highest BCUT2D eigenvalue weighted by Crippen LogP contribution is 2.17. The molecule has 0 aliphatic rings. The Hall–Kier alpha value is -2.30. The van der Waals surface area contributed by atoms with Crippen LogP contribution in [0.15, 0.2) is 29.8 Å². The Balaban J connectivity index is 3.15. The number of benzene rings is 1. The van der Waals surface area contributed by atoms with E-state index >= 15 is 0 Å². The van der Waals surface area contributed by atoms with Crippen LogP contribution in [-0.2, 0) is 19.1 Å². The Kier molecular flexibility index (Phi) is 6.46. The SMILES string of the molecule is CCOC(=O)C(=Cc1cccc(N(C)C)c1)C(=O)OCC. The number of rotatable bonds is 6. The summed E-state index contributed by atoms with van der Waals surface area (Å²) in [5, 5.41) is 0. The minimum absolute atomic E-state index is 0.102. The number of hydrogen-bond donors (Lipinski definition) is 0. The van der Waals surface area contributed by atoms with Gasteiger partial charge in [-0.2, -0.15) is 0 Å². The second-order valence-corrected chi connectivity index (χ2v) is 4.49. The minimum Gasteiger partial charge on any atom is -0.462 e. The lowest BCUT2D eigenvalue weighted by atomic mass is 10.1. The van der Waals surface area contributed by atoms with Gasteiger partial charge in [0.05, 0.1) is 13.2 Å². The molecule has 1 aromatic rings. The molecular weight excluding hydrogens is 270 g/mol. The quantitative estimate of drug-likeness (QED) is 0.348. The van der Waals surface area contributed by atoms with Crippen LogP contribution in [0.2, 0.25) is 0 Å². The average molecular weight is 291 g/mol. The third kappa shape index (κ3) is 4.95. The van der Waals surface area contributed by atoms with E-state index in [0.29, 0.717) is 0 Å². The van der Waals surface area contributed by atoms with Crippen LogP contribution in [0.1, 0.15) is 19.4 Å². The molecule has 21 heavy (non-hydrogen) atoms. The zero-order valence-corrected chi connectivity index (χ0v) is 12.9. The first-order valence-corrected chi connectivity index (χ1v) is 6.82. The number of carbonyl (C=O) groups excluding carboxylic acids is 2. The van der Waals surface area contributed by atoms with Gasteiger partial charge in [0.2, 0.25) is 0 Å². The molecule has 0 atom stereocenters. The first-order chi connectivity index (χ1) is 9.99. The molecule has 0 unspecified atom stereocenters. The highest BCUT2D eigenvalue weighted by Gasteiger charge is 2.20. The summed E-state index contributed by atoms with van der Waals surface area (Å²) in [6, 6.07) is 7.48. The van der Waals surface area contributed by atoms with E-state index in [1.807, 2.05) is 43.3 Å². The first-order valence-electron chi connectivity index (χ1n) is 6.82. The van der Waals surface area contributed by atoms with Gasteiger partial charge in [-0.1, -0.05) is 12.1 Å². The largest absolute Gasteiger partial charge is 0.462 e. The molecule has 0 bridgehead atoms. The molecular formula is C16H21NO4. The van der Waals surface area contributed by atoms with E-state index in [9.17, 15) is 9.59 Å². The van der Waals surface area contributed by atoms with Gasteiger partial charge in [0.25, 0.3) is 0 Å². The molecule has 114 valence electrons. The maximum Gasteiger partial charge on any atom is 0.345 e. The Labute approximate surface area is 125 Å². The van der Waals surface area contributed by atoms with Gasteiger partial charge < -0.3 is 14.4 Å². The van der Waals surface area contributed by atoms with Crippen molar-refractivity contribution < 1.29 is 19.1 Å². The zero-order valence-electron chi connectivity index (χ0n) is 12.9. The maximum absolute atomic E-state index is 11.9. The number of anilines is 1.